The molecule has 0 fully saturated rings. The van der Waals surface area contributed by atoms with E-state index in [0.29, 0.717) is 12.1 Å². The smallest absolute Gasteiger partial charge is 0.139 e. The van der Waals surface area contributed by atoms with E-state index in [9.17, 15) is 0 Å². The summed E-state index contributed by atoms with van der Waals surface area (Å²) >= 11 is 0. The first-order chi connectivity index (χ1) is 4.34. The summed E-state index contributed by atoms with van der Waals surface area (Å²) in [6, 6.07) is 0. The number of nitrogens with two attached hydrogens (primary N) is 1. The number of hydrogen-bond donors (Lipinski definition) is 2. The van der Waals surface area contributed by atoms with E-state index in [1.165, 1.54) is 0 Å². The fraction of sp³-hybridized carbons (Fsp3) is 0.167. The molecule has 0 aromatic rings. The highest BCUT2D eigenvalue weighted by Gasteiger charge is 2.04. The van der Waals surface area contributed by atoms with Crippen molar-refractivity contribution in [2.24, 2.45) is 10.9 Å². The van der Waals surface area contributed by atoms with Gasteiger partial charge < -0.3 is 10.9 Å². The fourth-order valence-corrected chi connectivity index (χ4v) is 0.658. The number of nitrogens with zero attached hydrogens (tertiary/aromatic N) is 1. The van der Waals surface area contributed by atoms with Gasteiger partial charge in [0.05, 0.1) is 0 Å². The minimum absolute atomic E-state index is 0.167. The van der Waals surface area contributed by atoms with Crippen molar-refractivity contribution in [1.82, 2.24) is 0 Å². The van der Waals surface area contributed by atoms with Crippen LogP contribution in [-0.4, -0.2) is 10.8 Å². The normalized spacial score (nSPS) is 22.2. The van der Waals surface area contributed by atoms with Gasteiger partial charge in [-0.2, -0.15) is 5.10 Å². The van der Waals surface area contributed by atoms with Crippen molar-refractivity contribution in [2.75, 3.05) is 0 Å². The monoisotopic (exact) mass is 124 g/mol. The summed E-state index contributed by atoms with van der Waals surface area (Å²) in [5.74, 6) is 5.11. The molecule has 0 aromatic carbocycles. The molecule has 3 nitrogen and oxygen atoms in total. The number of aliphatic hydroxyl groups is 1. The first-order valence-corrected chi connectivity index (χ1v) is 2.67. The van der Waals surface area contributed by atoms with Crippen LogP contribution in [0.3, 0.4) is 0 Å². The second-order valence-corrected chi connectivity index (χ2v) is 1.76. The molecular weight excluding hydrogens is 116 g/mol. The van der Waals surface area contributed by atoms with Gasteiger partial charge in [0.1, 0.15) is 11.5 Å². The molecule has 0 amide bonds. The van der Waals surface area contributed by atoms with E-state index < -0.39 is 0 Å². The zero-order valence-corrected chi connectivity index (χ0v) is 4.91. The quantitative estimate of drug-likeness (QED) is 0.369. The van der Waals surface area contributed by atoms with Crippen LogP contribution in [0.2, 0.25) is 0 Å². The standard InChI is InChI=1S/C6H8N2O/c7-8-5-3-1-2-4-6(5)9/h1-2,4,9H,3,7H2. The number of rotatable bonds is 0. The maximum Gasteiger partial charge on any atom is 0.139 e. The molecule has 1 rings (SSSR count). The lowest BCUT2D eigenvalue weighted by Gasteiger charge is -2.02. The molecule has 1 aliphatic rings. The molecule has 3 heteroatoms. The highest BCUT2D eigenvalue weighted by molar-refractivity contribution is 5.99. The molecule has 0 atom stereocenters. The van der Waals surface area contributed by atoms with Gasteiger partial charge in [0.15, 0.2) is 0 Å². The van der Waals surface area contributed by atoms with Crippen molar-refractivity contribution in [1.29, 1.82) is 0 Å². The molecule has 3 N–H and O–H groups in total. The van der Waals surface area contributed by atoms with Gasteiger partial charge in [0.2, 0.25) is 0 Å². The summed E-state index contributed by atoms with van der Waals surface area (Å²) < 4.78 is 0. The van der Waals surface area contributed by atoms with Crippen molar-refractivity contribution < 1.29 is 5.11 Å². The molecular formula is C6H8N2O. The van der Waals surface area contributed by atoms with Crippen molar-refractivity contribution in [3.05, 3.63) is 24.0 Å². The Morgan fingerprint density at radius 2 is 2.44 bits per heavy atom. The third-order valence-corrected chi connectivity index (χ3v) is 1.15. The van der Waals surface area contributed by atoms with Crippen molar-refractivity contribution in [2.45, 2.75) is 6.42 Å². The van der Waals surface area contributed by atoms with Crippen molar-refractivity contribution >= 4 is 5.71 Å². The van der Waals surface area contributed by atoms with E-state index in [1.807, 2.05) is 6.08 Å². The molecule has 1 aliphatic carbocycles. The third-order valence-electron chi connectivity index (χ3n) is 1.15. The highest BCUT2D eigenvalue weighted by Crippen LogP contribution is 2.04. The van der Waals surface area contributed by atoms with Crippen molar-refractivity contribution in [3.63, 3.8) is 0 Å². The van der Waals surface area contributed by atoms with Gasteiger partial charge in [-0.3, -0.25) is 0 Å². The highest BCUT2D eigenvalue weighted by atomic mass is 16.3. The number of hydrazone groups is 1. The Morgan fingerprint density at radius 1 is 1.67 bits per heavy atom. The minimum atomic E-state index is 0.167. The molecule has 0 heterocycles. The van der Waals surface area contributed by atoms with E-state index in [-0.39, 0.29) is 5.76 Å². The summed E-state index contributed by atoms with van der Waals surface area (Å²) in [5.41, 5.74) is 0.539. The predicted molar refractivity (Wildman–Crippen MR) is 36.1 cm³/mol. The molecule has 48 valence electrons. The molecule has 0 saturated carbocycles. The summed E-state index contributed by atoms with van der Waals surface area (Å²) in [4.78, 5) is 0. The number of aliphatic hydroxyl groups excluding tert-OH is 1. The van der Waals surface area contributed by atoms with Gasteiger partial charge in [-0.15, -0.1) is 0 Å². The number of hydrogen-bond acceptors (Lipinski definition) is 3. The van der Waals surface area contributed by atoms with E-state index in [1.54, 1.807) is 12.2 Å². The second kappa shape index (κ2) is 2.35. The summed E-state index contributed by atoms with van der Waals surface area (Å²) in [7, 11) is 0. The maximum atomic E-state index is 8.97. The van der Waals surface area contributed by atoms with Crippen LogP contribution in [-0.2, 0) is 0 Å². The summed E-state index contributed by atoms with van der Waals surface area (Å²) in [5, 5.41) is 12.3. The van der Waals surface area contributed by atoms with Crippen LogP contribution in [0.4, 0.5) is 0 Å². The summed E-state index contributed by atoms with van der Waals surface area (Å²) in [6.45, 7) is 0. The van der Waals surface area contributed by atoms with Gasteiger partial charge in [-0.25, -0.2) is 0 Å². The van der Waals surface area contributed by atoms with Gasteiger partial charge in [0.25, 0.3) is 0 Å². The minimum Gasteiger partial charge on any atom is -0.506 e. The van der Waals surface area contributed by atoms with Crippen LogP contribution in [0, 0.1) is 0 Å². The van der Waals surface area contributed by atoms with Crippen LogP contribution >= 0.6 is 0 Å². The third kappa shape index (κ3) is 1.10. The van der Waals surface area contributed by atoms with E-state index in [2.05, 4.69) is 5.10 Å². The van der Waals surface area contributed by atoms with E-state index >= 15 is 0 Å². The van der Waals surface area contributed by atoms with Crippen LogP contribution < -0.4 is 5.84 Å². The summed E-state index contributed by atoms with van der Waals surface area (Å²) in [6.07, 6.45) is 5.84. The van der Waals surface area contributed by atoms with E-state index in [0.717, 1.165) is 0 Å². The predicted octanol–water partition coefficient (Wildman–Crippen LogP) is 0.703. The molecule has 0 radical (unpaired) electrons. The molecule has 0 unspecified atom stereocenters. The van der Waals surface area contributed by atoms with Crippen LogP contribution in [0.15, 0.2) is 29.1 Å². The lowest BCUT2D eigenvalue weighted by Crippen LogP contribution is -2.06. The van der Waals surface area contributed by atoms with Gasteiger partial charge in [0, 0.05) is 6.42 Å². The Hall–Kier alpha value is -1.25. The van der Waals surface area contributed by atoms with Crippen LogP contribution in [0.5, 0.6) is 0 Å². The van der Waals surface area contributed by atoms with Gasteiger partial charge >= 0.3 is 0 Å². The molecule has 0 aromatic heterocycles. The van der Waals surface area contributed by atoms with Crippen LogP contribution in [0.25, 0.3) is 0 Å². The lowest BCUT2D eigenvalue weighted by molar-refractivity contribution is 0.441. The molecule has 0 spiro atoms. The number of allylic oxidation sites excluding steroid dienone is 4. The molecule has 0 saturated heterocycles. The Bertz CT molecular complexity index is 191. The lowest BCUT2D eigenvalue weighted by atomic mass is 10.1. The Morgan fingerprint density at radius 3 is 2.89 bits per heavy atom. The molecule has 9 heavy (non-hydrogen) atoms. The zero-order chi connectivity index (χ0) is 6.69. The average molecular weight is 124 g/mol. The Balaban J connectivity index is 2.83. The SMILES string of the molecule is NN=C1CC=CC=C1O. The Labute approximate surface area is 53.2 Å². The fourth-order valence-electron chi connectivity index (χ4n) is 0.658. The van der Waals surface area contributed by atoms with Gasteiger partial charge in [-0.1, -0.05) is 12.2 Å². The molecule has 0 bridgehead atoms. The van der Waals surface area contributed by atoms with E-state index in [4.69, 9.17) is 10.9 Å². The second-order valence-electron chi connectivity index (χ2n) is 1.76. The van der Waals surface area contributed by atoms with Crippen molar-refractivity contribution in [3.8, 4) is 0 Å². The first-order valence-electron chi connectivity index (χ1n) is 2.67. The van der Waals surface area contributed by atoms with Crippen LogP contribution in [0.1, 0.15) is 6.42 Å². The Kier molecular flexibility index (Phi) is 1.53. The van der Waals surface area contributed by atoms with Gasteiger partial charge in [-0.05, 0) is 6.08 Å². The zero-order valence-electron chi connectivity index (χ0n) is 4.91. The first kappa shape index (κ1) is 5.88. The average Bonchev–Trinajstić information content (AvgIpc) is 1.89. The largest absolute Gasteiger partial charge is 0.506 e. The maximum absolute atomic E-state index is 8.97. The topological polar surface area (TPSA) is 58.6 Å². The molecule has 0 aliphatic heterocycles.